The van der Waals surface area contributed by atoms with E-state index in [1.54, 1.807) is 0 Å². The van der Waals surface area contributed by atoms with Gasteiger partial charge >= 0.3 is 0 Å². The number of aromatic nitrogens is 2. The summed E-state index contributed by atoms with van der Waals surface area (Å²) in [6, 6.07) is 0.594. The van der Waals surface area contributed by atoms with Crippen molar-refractivity contribution in [3.8, 4) is 0 Å². The lowest BCUT2D eigenvalue weighted by atomic mass is 10.0. The lowest BCUT2D eigenvalue weighted by molar-refractivity contribution is 0.449. The zero-order valence-electron chi connectivity index (χ0n) is 38.9. The van der Waals surface area contributed by atoms with Crippen LogP contribution in [0.5, 0.6) is 0 Å². The maximum atomic E-state index is 5.31. The third-order valence-electron chi connectivity index (χ3n) is 12.8. The van der Waals surface area contributed by atoms with Gasteiger partial charge in [-0.1, -0.05) is 278 Å². The average Bonchev–Trinajstić information content (AvgIpc) is 3.61. The molecule has 0 aromatic carbocycles. The molecule has 1 rings (SSSR count). The van der Waals surface area contributed by atoms with Crippen LogP contribution in [-0.4, -0.2) is 9.55 Å². The molecule has 2 heteroatoms. The van der Waals surface area contributed by atoms with Gasteiger partial charge in [-0.15, -0.1) is 0 Å². The van der Waals surface area contributed by atoms with Crippen LogP contribution in [0.1, 0.15) is 321 Å². The molecule has 2 nitrogen and oxygen atoms in total. The van der Waals surface area contributed by atoms with E-state index in [1.807, 2.05) is 0 Å². The Balaban J connectivity index is 2.30. The molecule has 326 valence electrons. The highest BCUT2D eigenvalue weighted by atomic mass is 15.1. The number of aryl methyl sites for hydroxylation is 2. The zero-order chi connectivity index (χ0) is 39.5. The minimum Gasteiger partial charge on any atom is -0.332 e. The van der Waals surface area contributed by atoms with Crippen LogP contribution in [-0.2, 0) is 12.8 Å². The second kappa shape index (κ2) is 42.8. The first kappa shape index (κ1) is 52.2. The first-order valence-electron chi connectivity index (χ1n) is 26.3. The minimum absolute atomic E-state index is 0.594. The fourth-order valence-corrected chi connectivity index (χ4v) is 8.93. The van der Waals surface area contributed by atoms with E-state index in [2.05, 4.69) is 38.5 Å². The minimum atomic E-state index is 0.594. The number of hydrogen-bond donors (Lipinski definition) is 0. The van der Waals surface area contributed by atoms with Crippen LogP contribution in [0.4, 0.5) is 0 Å². The van der Waals surface area contributed by atoms with Crippen LogP contribution in [0.3, 0.4) is 0 Å². The molecule has 1 aromatic rings. The van der Waals surface area contributed by atoms with Gasteiger partial charge in [0.1, 0.15) is 5.82 Å². The smallest absolute Gasteiger partial charge is 0.109 e. The van der Waals surface area contributed by atoms with Crippen molar-refractivity contribution in [2.75, 3.05) is 0 Å². The standard InChI is InChI=1S/C53H104N2/c1-5-8-11-14-17-20-23-26-28-30-33-36-39-42-45-48-52-50-55(51(4)47-44-41-38-35-32-25-22-19-16-13-10-7-3)53(54-52)49-46-43-40-37-34-31-29-27-24-21-18-15-12-9-6-2/h50-51H,5-49H2,1-4H3. The molecule has 55 heavy (non-hydrogen) atoms. The Hall–Kier alpha value is -0.790. The van der Waals surface area contributed by atoms with Crippen LogP contribution in [0.15, 0.2) is 6.20 Å². The van der Waals surface area contributed by atoms with E-state index in [0.29, 0.717) is 6.04 Å². The SMILES string of the molecule is CCCCCCCCCCCCCCCCCc1cn(C(C)CCCCCCCCCCCCCC)c(CCCCCCCCCCCCCCCCC)n1. The van der Waals surface area contributed by atoms with Crippen molar-refractivity contribution in [2.24, 2.45) is 0 Å². The van der Waals surface area contributed by atoms with E-state index in [9.17, 15) is 0 Å². The Labute approximate surface area is 348 Å². The predicted octanol–water partition coefficient (Wildman–Crippen LogP) is 19.4. The number of hydrogen-bond acceptors (Lipinski definition) is 1. The van der Waals surface area contributed by atoms with E-state index in [-0.39, 0.29) is 0 Å². The molecule has 1 aromatic heterocycles. The summed E-state index contributed by atoms with van der Waals surface area (Å²) in [7, 11) is 0. The van der Waals surface area contributed by atoms with Gasteiger partial charge in [0.25, 0.3) is 0 Å². The van der Waals surface area contributed by atoms with Crippen molar-refractivity contribution in [3.63, 3.8) is 0 Å². The lowest BCUT2D eigenvalue weighted by Crippen LogP contribution is -2.09. The molecule has 0 radical (unpaired) electrons. The highest BCUT2D eigenvalue weighted by molar-refractivity contribution is 5.06. The quantitative estimate of drug-likeness (QED) is 0.0604. The second-order valence-electron chi connectivity index (χ2n) is 18.5. The van der Waals surface area contributed by atoms with Crippen molar-refractivity contribution < 1.29 is 0 Å². The molecule has 0 N–H and O–H groups in total. The summed E-state index contributed by atoms with van der Waals surface area (Å²) in [5.74, 6) is 1.40. The van der Waals surface area contributed by atoms with Gasteiger partial charge in [0.2, 0.25) is 0 Å². The summed E-state index contributed by atoms with van der Waals surface area (Å²) in [5, 5.41) is 0. The average molecular weight is 769 g/mol. The molecular weight excluding hydrogens is 665 g/mol. The molecule has 0 saturated carbocycles. The highest BCUT2D eigenvalue weighted by Gasteiger charge is 2.13. The Bertz CT molecular complexity index is 857. The van der Waals surface area contributed by atoms with Crippen LogP contribution in [0.2, 0.25) is 0 Å². The fraction of sp³-hybridized carbons (Fsp3) is 0.943. The van der Waals surface area contributed by atoms with Crippen molar-refractivity contribution >= 4 is 0 Å². The van der Waals surface area contributed by atoms with Gasteiger partial charge in [0, 0.05) is 18.7 Å². The fourth-order valence-electron chi connectivity index (χ4n) is 8.93. The van der Waals surface area contributed by atoms with Crippen molar-refractivity contribution in [2.45, 2.75) is 323 Å². The van der Waals surface area contributed by atoms with Gasteiger partial charge in [-0.3, -0.25) is 0 Å². The van der Waals surface area contributed by atoms with E-state index in [1.165, 1.54) is 300 Å². The van der Waals surface area contributed by atoms with Crippen LogP contribution >= 0.6 is 0 Å². The molecule has 0 bridgehead atoms. The molecule has 1 heterocycles. The molecule has 0 aliphatic carbocycles. The summed E-state index contributed by atoms with van der Waals surface area (Å²) in [6.45, 7) is 9.42. The maximum absolute atomic E-state index is 5.31. The molecule has 1 atom stereocenters. The molecular formula is C53H104N2. The van der Waals surface area contributed by atoms with E-state index >= 15 is 0 Å². The normalized spacial score (nSPS) is 12.3. The number of rotatable bonds is 46. The first-order valence-corrected chi connectivity index (χ1v) is 26.3. The van der Waals surface area contributed by atoms with Gasteiger partial charge < -0.3 is 4.57 Å². The number of nitrogens with zero attached hydrogens (tertiary/aromatic N) is 2. The summed E-state index contributed by atoms with van der Waals surface area (Å²) in [6.07, 6.45) is 66.4. The molecule has 0 fully saturated rings. The summed E-state index contributed by atoms with van der Waals surface area (Å²) in [5.41, 5.74) is 1.38. The summed E-state index contributed by atoms with van der Waals surface area (Å²) in [4.78, 5) is 5.31. The van der Waals surface area contributed by atoms with Gasteiger partial charge in [-0.2, -0.15) is 0 Å². The van der Waals surface area contributed by atoms with Crippen molar-refractivity contribution in [1.29, 1.82) is 0 Å². The van der Waals surface area contributed by atoms with Gasteiger partial charge in [-0.25, -0.2) is 4.98 Å². The molecule has 0 spiro atoms. The van der Waals surface area contributed by atoms with E-state index in [4.69, 9.17) is 4.98 Å². The van der Waals surface area contributed by atoms with Crippen molar-refractivity contribution in [3.05, 3.63) is 17.7 Å². The molecule has 0 saturated heterocycles. The molecule has 0 amide bonds. The molecule has 1 unspecified atom stereocenters. The monoisotopic (exact) mass is 769 g/mol. The third-order valence-corrected chi connectivity index (χ3v) is 12.8. The van der Waals surface area contributed by atoms with Gasteiger partial charge in [0.05, 0.1) is 5.69 Å². The Morgan fingerprint density at radius 1 is 0.345 bits per heavy atom. The van der Waals surface area contributed by atoms with Crippen LogP contribution < -0.4 is 0 Å². The van der Waals surface area contributed by atoms with Gasteiger partial charge in [0.15, 0.2) is 0 Å². The lowest BCUT2D eigenvalue weighted by Gasteiger charge is -2.16. The first-order chi connectivity index (χ1) is 27.2. The Morgan fingerprint density at radius 3 is 0.909 bits per heavy atom. The van der Waals surface area contributed by atoms with Crippen LogP contribution in [0.25, 0.3) is 0 Å². The zero-order valence-corrected chi connectivity index (χ0v) is 38.9. The highest BCUT2D eigenvalue weighted by Crippen LogP contribution is 2.23. The Morgan fingerprint density at radius 2 is 0.600 bits per heavy atom. The third kappa shape index (κ3) is 34.9. The van der Waals surface area contributed by atoms with E-state index < -0.39 is 0 Å². The van der Waals surface area contributed by atoms with Crippen molar-refractivity contribution in [1.82, 2.24) is 9.55 Å². The second-order valence-corrected chi connectivity index (χ2v) is 18.5. The molecule has 0 aliphatic heterocycles. The number of unbranched alkanes of at least 4 members (excludes halogenated alkanes) is 39. The largest absolute Gasteiger partial charge is 0.332 e. The molecule has 0 aliphatic rings. The van der Waals surface area contributed by atoms with Gasteiger partial charge in [-0.05, 0) is 32.6 Å². The summed E-state index contributed by atoms with van der Waals surface area (Å²) < 4.78 is 2.63. The Kier molecular flexibility index (Phi) is 40.6. The topological polar surface area (TPSA) is 17.8 Å². The van der Waals surface area contributed by atoms with Crippen LogP contribution in [0, 0.1) is 0 Å². The maximum Gasteiger partial charge on any atom is 0.109 e. The number of imidazole rings is 1. The van der Waals surface area contributed by atoms with E-state index in [0.717, 1.165) is 0 Å². The predicted molar refractivity (Wildman–Crippen MR) is 250 cm³/mol. The summed E-state index contributed by atoms with van der Waals surface area (Å²) >= 11 is 0.